The molecule has 0 saturated heterocycles. The normalized spacial score (nSPS) is 16.6. The SMILES string of the molecule is Cc1cc2c(C3CCCC3)nc(Cl)nc2nc1C. The van der Waals surface area contributed by atoms with E-state index in [2.05, 4.69) is 27.9 Å². The van der Waals surface area contributed by atoms with E-state index in [1.807, 2.05) is 6.92 Å². The average Bonchev–Trinajstić information content (AvgIpc) is 2.84. The third kappa shape index (κ3) is 1.97. The molecule has 3 nitrogen and oxygen atoms in total. The van der Waals surface area contributed by atoms with Crippen molar-refractivity contribution in [3.8, 4) is 0 Å². The highest BCUT2D eigenvalue weighted by Crippen LogP contribution is 2.36. The summed E-state index contributed by atoms with van der Waals surface area (Å²) in [4.78, 5) is 13.3. The molecule has 4 heteroatoms. The van der Waals surface area contributed by atoms with E-state index < -0.39 is 0 Å². The lowest BCUT2D eigenvalue weighted by molar-refractivity contribution is 0.702. The summed E-state index contributed by atoms with van der Waals surface area (Å²) < 4.78 is 0. The zero-order valence-corrected chi connectivity index (χ0v) is 11.5. The number of hydrogen-bond acceptors (Lipinski definition) is 3. The molecule has 1 fully saturated rings. The monoisotopic (exact) mass is 261 g/mol. The van der Waals surface area contributed by atoms with Gasteiger partial charge < -0.3 is 0 Å². The first-order chi connectivity index (χ1) is 8.65. The van der Waals surface area contributed by atoms with Crippen molar-refractivity contribution in [1.82, 2.24) is 15.0 Å². The molecule has 0 amide bonds. The van der Waals surface area contributed by atoms with Crippen molar-refractivity contribution in [3.05, 3.63) is 28.3 Å². The standard InChI is InChI=1S/C14H16ClN3/c1-8-7-11-12(10-5-3-4-6-10)17-14(15)18-13(11)16-9(8)2/h7,10H,3-6H2,1-2H3. The third-order valence-electron chi connectivity index (χ3n) is 3.87. The molecule has 0 bridgehead atoms. The van der Waals surface area contributed by atoms with Crippen LogP contribution in [0.3, 0.4) is 0 Å². The maximum Gasteiger partial charge on any atom is 0.224 e. The molecule has 3 rings (SSSR count). The van der Waals surface area contributed by atoms with Gasteiger partial charge in [0.05, 0.1) is 5.69 Å². The first-order valence-corrected chi connectivity index (χ1v) is 6.84. The second-order valence-electron chi connectivity index (χ2n) is 5.12. The Morgan fingerprint density at radius 3 is 2.56 bits per heavy atom. The van der Waals surface area contributed by atoms with Gasteiger partial charge in [-0.1, -0.05) is 12.8 Å². The Balaban J connectivity index is 2.25. The molecule has 94 valence electrons. The minimum Gasteiger partial charge on any atom is -0.233 e. The number of pyridine rings is 1. The molecule has 2 heterocycles. The first kappa shape index (κ1) is 11.8. The molecule has 1 saturated carbocycles. The van der Waals surface area contributed by atoms with E-state index in [1.165, 1.54) is 31.2 Å². The van der Waals surface area contributed by atoms with Crippen molar-refractivity contribution in [2.24, 2.45) is 0 Å². The summed E-state index contributed by atoms with van der Waals surface area (Å²) in [5.41, 5.74) is 4.03. The number of halogens is 1. The minimum atomic E-state index is 0.320. The largest absolute Gasteiger partial charge is 0.233 e. The van der Waals surface area contributed by atoms with Crippen LogP contribution in [0.2, 0.25) is 5.28 Å². The summed E-state index contributed by atoms with van der Waals surface area (Å²) in [6.45, 7) is 4.08. The summed E-state index contributed by atoms with van der Waals surface area (Å²) in [5.74, 6) is 0.525. The second-order valence-corrected chi connectivity index (χ2v) is 5.46. The predicted molar refractivity (Wildman–Crippen MR) is 73.0 cm³/mol. The summed E-state index contributed by atoms with van der Waals surface area (Å²) in [5, 5.41) is 1.40. The van der Waals surface area contributed by atoms with Gasteiger partial charge in [-0.05, 0) is 49.9 Å². The zero-order chi connectivity index (χ0) is 12.7. The molecule has 1 aliphatic carbocycles. The summed E-state index contributed by atoms with van der Waals surface area (Å²) >= 11 is 6.03. The van der Waals surface area contributed by atoms with Crippen LogP contribution in [0, 0.1) is 13.8 Å². The fourth-order valence-electron chi connectivity index (χ4n) is 2.75. The number of rotatable bonds is 1. The Kier molecular flexibility index (Phi) is 2.94. The molecular weight excluding hydrogens is 246 g/mol. The van der Waals surface area contributed by atoms with Gasteiger partial charge >= 0.3 is 0 Å². The maximum atomic E-state index is 6.03. The molecule has 0 radical (unpaired) electrons. The van der Waals surface area contributed by atoms with E-state index in [9.17, 15) is 0 Å². The molecule has 0 unspecified atom stereocenters. The second kappa shape index (κ2) is 4.47. The van der Waals surface area contributed by atoms with Crippen LogP contribution in [0.15, 0.2) is 6.07 Å². The van der Waals surface area contributed by atoms with Crippen molar-refractivity contribution in [3.63, 3.8) is 0 Å². The van der Waals surface area contributed by atoms with Gasteiger partial charge in [0.1, 0.15) is 0 Å². The van der Waals surface area contributed by atoms with E-state index in [0.29, 0.717) is 11.2 Å². The smallest absolute Gasteiger partial charge is 0.224 e. The first-order valence-electron chi connectivity index (χ1n) is 6.46. The molecule has 0 N–H and O–H groups in total. The fraction of sp³-hybridized carbons (Fsp3) is 0.500. The van der Waals surface area contributed by atoms with Gasteiger partial charge in [-0.2, -0.15) is 4.98 Å². The Labute approximate surface area is 112 Å². The van der Waals surface area contributed by atoms with Gasteiger partial charge in [-0.3, -0.25) is 0 Å². The van der Waals surface area contributed by atoms with Gasteiger partial charge in [0.2, 0.25) is 5.28 Å². The van der Waals surface area contributed by atoms with Crippen molar-refractivity contribution in [1.29, 1.82) is 0 Å². The van der Waals surface area contributed by atoms with Crippen molar-refractivity contribution >= 4 is 22.6 Å². The molecular formula is C14H16ClN3. The van der Waals surface area contributed by atoms with Gasteiger partial charge in [0.15, 0.2) is 5.65 Å². The van der Waals surface area contributed by atoms with Gasteiger partial charge in [0.25, 0.3) is 0 Å². The maximum absolute atomic E-state index is 6.03. The molecule has 18 heavy (non-hydrogen) atoms. The number of nitrogens with zero attached hydrogens (tertiary/aromatic N) is 3. The Bertz CT molecular complexity index is 604. The molecule has 1 aliphatic rings. The predicted octanol–water partition coefficient (Wildman–Crippen LogP) is 3.95. The molecule has 2 aromatic heterocycles. The van der Waals surface area contributed by atoms with E-state index in [0.717, 1.165) is 22.4 Å². The highest BCUT2D eigenvalue weighted by atomic mass is 35.5. The zero-order valence-electron chi connectivity index (χ0n) is 10.7. The van der Waals surface area contributed by atoms with E-state index in [-0.39, 0.29) is 0 Å². The lowest BCUT2D eigenvalue weighted by atomic mass is 9.99. The highest BCUT2D eigenvalue weighted by molar-refractivity contribution is 6.28. The number of aryl methyl sites for hydroxylation is 2. The topological polar surface area (TPSA) is 38.7 Å². The molecule has 2 aromatic rings. The highest BCUT2D eigenvalue weighted by Gasteiger charge is 2.22. The third-order valence-corrected chi connectivity index (χ3v) is 4.04. The Hall–Kier alpha value is -1.22. The minimum absolute atomic E-state index is 0.320. The summed E-state index contributed by atoms with van der Waals surface area (Å²) in [7, 11) is 0. The molecule has 0 atom stereocenters. The molecule has 0 aliphatic heterocycles. The Morgan fingerprint density at radius 2 is 1.83 bits per heavy atom. The van der Waals surface area contributed by atoms with Crippen LogP contribution in [0.1, 0.15) is 48.6 Å². The van der Waals surface area contributed by atoms with Gasteiger partial charge in [0, 0.05) is 17.0 Å². The van der Waals surface area contributed by atoms with E-state index >= 15 is 0 Å². The lowest BCUT2D eigenvalue weighted by Gasteiger charge is -2.12. The quantitative estimate of drug-likeness (QED) is 0.730. The van der Waals surface area contributed by atoms with Gasteiger partial charge in [-0.25, -0.2) is 9.97 Å². The average molecular weight is 262 g/mol. The van der Waals surface area contributed by atoms with Crippen LogP contribution in [-0.4, -0.2) is 15.0 Å². The lowest BCUT2D eigenvalue weighted by Crippen LogP contribution is -2.02. The van der Waals surface area contributed by atoms with Gasteiger partial charge in [-0.15, -0.1) is 0 Å². The fourth-order valence-corrected chi connectivity index (χ4v) is 2.92. The van der Waals surface area contributed by atoms with Crippen molar-refractivity contribution in [2.45, 2.75) is 45.4 Å². The van der Waals surface area contributed by atoms with Crippen LogP contribution < -0.4 is 0 Å². The van der Waals surface area contributed by atoms with Crippen LogP contribution >= 0.6 is 11.6 Å². The van der Waals surface area contributed by atoms with Crippen molar-refractivity contribution < 1.29 is 0 Å². The molecule has 0 spiro atoms. The van der Waals surface area contributed by atoms with Crippen LogP contribution in [0.4, 0.5) is 0 Å². The van der Waals surface area contributed by atoms with E-state index in [4.69, 9.17) is 11.6 Å². The number of aromatic nitrogens is 3. The number of hydrogen-bond donors (Lipinski definition) is 0. The van der Waals surface area contributed by atoms with Crippen LogP contribution in [0.25, 0.3) is 11.0 Å². The van der Waals surface area contributed by atoms with Crippen molar-refractivity contribution in [2.75, 3.05) is 0 Å². The van der Waals surface area contributed by atoms with E-state index in [1.54, 1.807) is 0 Å². The van der Waals surface area contributed by atoms with Crippen LogP contribution in [-0.2, 0) is 0 Å². The number of fused-ring (bicyclic) bond motifs is 1. The van der Waals surface area contributed by atoms with Crippen LogP contribution in [0.5, 0.6) is 0 Å². The molecule has 0 aromatic carbocycles. The Morgan fingerprint density at radius 1 is 1.11 bits per heavy atom. The summed E-state index contributed by atoms with van der Waals surface area (Å²) in [6, 6.07) is 2.15. The summed E-state index contributed by atoms with van der Waals surface area (Å²) in [6.07, 6.45) is 4.98.